The van der Waals surface area contributed by atoms with Crippen LogP contribution in [0.5, 0.6) is 0 Å². The number of hydrogen-bond acceptors (Lipinski definition) is 4. The number of carbonyl (C=O) groups is 1. The molecule has 1 fully saturated rings. The van der Waals surface area contributed by atoms with E-state index in [-0.39, 0.29) is 11.9 Å². The zero-order valence-corrected chi connectivity index (χ0v) is 12.5. The van der Waals surface area contributed by atoms with Gasteiger partial charge >= 0.3 is 0 Å². The van der Waals surface area contributed by atoms with Gasteiger partial charge in [-0.1, -0.05) is 12.1 Å². The molecule has 0 bridgehead atoms. The van der Waals surface area contributed by atoms with Crippen molar-refractivity contribution >= 4 is 23.4 Å². The van der Waals surface area contributed by atoms with Gasteiger partial charge in [-0.2, -0.15) is 11.8 Å². The van der Waals surface area contributed by atoms with Crippen LogP contribution in [0, 0.1) is 0 Å². The Bertz CT molecular complexity index is 576. The summed E-state index contributed by atoms with van der Waals surface area (Å²) in [6, 6.07) is 8.05. The Morgan fingerprint density at radius 1 is 1.38 bits per heavy atom. The predicted octanol–water partition coefficient (Wildman–Crippen LogP) is 2.11. The zero-order chi connectivity index (χ0) is 14.5. The van der Waals surface area contributed by atoms with E-state index in [2.05, 4.69) is 20.6 Å². The van der Waals surface area contributed by atoms with Crippen LogP contribution in [-0.2, 0) is 4.79 Å². The fraction of sp³-hybridized carbons (Fsp3) is 0.333. The van der Waals surface area contributed by atoms with E-state index in [1.165, 1.54) is 0 Å². The minimum absolute atomic E-state index is 0.0595. The van der Waals surface area contributed by atoms with E-state index in [4.69, 9.17) is 0 Å². The summed E-state index contributed by atoms with van der Waals surface area (Å²) in [6.45, 7) is 0.988. The molecule has 0 saturated carbocycles. The van der Waals surface area contributed by atoms with Gasteiger partial charge in [-0.15, -0.1) is 0 Å². The Labute approximate surface area is 127 Å². The average Bonchev–Trinajstić information content (AvgIpc) is 3.03. The first-order chi connectivity index (χ1) is 10.3. The molecule has 0 spiro atoms. The van der Waals surface area contributed by atoms with E-state index in [0.717, 1.165) is 35.0 Å². The lowest BCUT2D eigenvalue weighted by Crippen LogP contribution is -2.39. The topological polar surface area (TPSA) is 69.8 Å². The molecule has 110 valence electrons. The second-order valence-corrected chi connectivity index (χ2v) is 6.17. The summed E-state index contributed by atoms with van der Waals surface area (Å²) >= 11 is 1.90. The molecule has 0 radical (unpaired) electrons. The highest BCUT2D eigenvalue weighted by Crippen LogP contribution is 2.19. The van der Waals surface area contributed by atoms with Gasteiger partial charge in [0.25, 0.3) is 0 Å². The number of benzene rings is 1. The van der Waals surface area contributed by atoms with E-state index >= 15 is 0 Å². The number of H-pyrrole nitrogens is 1. The Balaban J connectivity index is 1.56. The summed E-state index contributed by atoms with van der Waals surface area (Å²) in [5, 5.41) is 6.32. The van der Waals surface area contributed by atoms with Gasteiger partial charge in [-0.25, -0.2) is 4.98 Å². The van der Waals surface area contributed by atoms with Gasteiger partial charge < -0.3 is 15.6 Å². The number of aromatic amines is 1. The van der Waals surface area contributed by atoms with Crippen molar-refractivity contribution in [2.24, 2.45) is 0 Å². The summed E-state index contributed by atoms with van der Waals surface area (Å²) in [4.78, 5) is 19.1. The summed E-state index contributed by atoms with van der Waals surface area (Å²) in [7, 11) is 0. The molecule has 1 saturated heterocycles. The minimum atomic E-state index is 0.0595. The maximum Gasteiger partial charge on any atom is 0.225 e. The fourth-order valence-corrected chi connectivity index (χ4v) is 3.28. The molecule has 1 aliphatic rings. The molecule has 1 aliphatic heterocycles. The number of carbonyl (C=O) groups excluding carboxylic acids is 1. The van der Waals surface area contributed by atoms with Gasteiger partial charge in [-0.05, 0) is 17.7 Å². The Morgan fingerprint density at radius 3 is 2.90 bits per heavy atom. The largest absolute Gasteiger partial charge is 0.345 e. The van der Waals surface area contributed by atoms with Gasteiger partial charge in [0.05, 0.1) is 18.2 Å². The maximum absolute atomic E-state index is 12.0. The number of nitrogens with zero attached hydrogens (tertiary/aromatic N) is 1. The minimum Gasteiger partial charge on any atom is -0.345 e. The molecule has 1 atom stereocenters. The van der Waals surface area contributed by atoms with Crippen LogP contribution in [0.15, 0.2) is 36.8 Å². The number of anilines is 1. The monoisotopic (exact) mass is 302 g/mol. The average molecular weight is 302 g/mol. The highest BCUT2D eigenvalue weighted by molar-refractivity contribution is 7.99. The number of nitrogens with one attached hydrogen (secondary N) is 3. The third-order valence-electron chi connectivity index (χ3n) is 3.41. The summed E-state index contributed by atoms with van der Waals surface area (Å²) in [5.74, 6) is 2.20. The Kier molecular flexibility index (Phi) is 4.57. The van der Waals surface area contributed by atoms with Crippen LogP contribution in [0.2, 0.25) is 0 Å². The normalized spacial score (nSPS) is 18.4. The third-order valence-corrected chi connectivity index (χ3v) is 4.54. The molecule has 3 N–H and O–H groups in total. The van der Waals surface area contributed by atoms with E-state index in [1.807, 2.05) is 36.0 Å². The zero-order valence-electron chi connectivity index (χ0n) is 11.6. The molecular formula is C15H18N4OS. The van der Waals surface area contributed by atoms with E-state index in [1.54, 1.807) is 12.5 Å². The van der Waals surface area contributed by atoms with Gasteiger partial charge in [-0.3, -0.25) is 4.79 Å². The summed E-state index contributed by atoms with van der Waals surface area (Å²) in [6.07, 6.45) is 3.95. The number of rotatable bonds is 4. The van der Waals surface area contributed by atoms with Crippen LogP contribution >= 0.6 is 11.8 Å². The third kappa shape index (κ3) is 3.86. The highest BCUT2D eigenvalue weighted by Gasteiger charge is 2.16. The van der Waals surface area contributed by atoms with Gasteiger partial charge in [0, 0.05) is 36.2 Å². The molecule has 0 aliphatic carbocycles. The van der Waals surface area contributed by atoms with Crippen LogP contribution in [-0.4, -0.2) is 40.0 Å². The first-order valence-electron chi connectivity index (χ1n) is 7.01. The molecule has 3 rings (SSSR count). The second kappa shape index (κ2) is 6.78. The standard InChI is InChI=1S/C15H18N4OS/c20-15(7-13-9-21-6-5-17-13)19-12-3-1-11(2-4-12)14-8-16-10-18-14/h1-4,8,10,13,17H,5-7,9H2,(H,16,18)(H,19,20). The smallest absolute Gasteiger partial charge is 0.225 e. The quantitative estimate of drug-likeness (QED) is 0.809. The van der Waals surface area contributed by atoms with E-state index in [9.17, 15) is 4.79 Å². The maximum atomic E-state index is 12.0. The Morgan fingerprint density at radius 2 is 2.24 bits per heavy atom. The molecule has 21 heavy (non-hydrogen) atoms. The number of thioether (sulfide) groups is 1. The highest BCUT2D eigenvalue weighted by atomic mass is 32.2. The lowest BCUT2D eigenvalue weighted by molar-refractivity contribution is -0.116. The van der Waals surface area contributed by atoms with Crippen molar-refractivity contribution < 1.29 is 4.79 Å². The summed E-state index contributed by atoms with van der Waals surface area (Å²) < 4.78 is 0. The van der Waals surface area contributed by atoms with Crippen molar-refractivity contribution in [1.82, 2.24) is 15.3 Å². The first kappa shape index (κ1) is 14.2. The van der Waals surface area contributed by atoms with Crippen molar-refractivity contribution in [2.45, 2.75) is 12.5 Å². The van der Waals surface area contributed by atoms with Gasteiger partial charge in [0.2, 0.25) is 5.91 Å². The van der Waals surface area contributed by atoms with E-state index < -0.39 is 0 Å². The predicted molar refractivity (Wildman–Crippen MR) is 86.4 cm³/mol. The second-order valence-electron chi connectivity index (χ2n) is 5.02. The van der Waals surface area contributed by atoms with Crippen molar-refractivity contribution in [3.8, 4) is 11.3 Å². The van der Waals surface area contributed by atoms with Gasteiger partial charge in [0.15, 0.2) is 0 Å². The van der Waals surface area contributed by atoms with Crippen LogP contribution in [0.25, 0.3) is 11.3 Å². The molecule has 2 aromatic rings. The SMILES string of the molecule is O=C(CC1CSCCN1)Nc1ccc(-c2cnc[nH]2)cc1. The first-order valence-corrected chi connectivity index (χ1v) is 8.16. The number of imidazole rings is 1. The lowest BCUT2D eigenvalue weighted by atomic mass is 10.1. The number of hydrogen-bond donors (Lipinski definition) is 3. The van der Waals surface area contributed by atoms with Crippen LogP contribution in [0.3, 0.4) is 0 Å². The molecule has 1 amide bonds. The van der Waals surface area contributed by atoms with Crippen molar-refractivity contribution in [1.29, 1.82) is 0 Å². The lowest BCUT2D eigenvalue weighted by Gasteiger charge is -2.22. The molecular weight excluding hydrogens is 284 g/mol. The van der Waals surface area contributed by atoms with Crippen molar-refractivity contribution in [3.05, 3.63) is 36.8 Å². The van der Waals surface area contributed by atoms with Crippen LogP contribution in [0.1, 0.15) is 6.42 Å². The van der Waals surface area contributed by atoms with Crippen LogP contribution in [0.4, 0.5) is 5.69 Å². The molecule has 1 aromatic carbocycles. The molecule has 1 unspecified atom stereocenters. The molecule has 5 nitrogen and oxygen atoms in total. The Hall–Kier alpha value is -1.79. The summed E-state index contributed by atoms with van der Waals surface area (Å²) in [5.41, 5.74) is 2.85. The number of aromatic nitrogens is 2. The van der Waals surface area contributed by atoms with Crippen molar-refractivity contribution in [3.63, 3.8) is 0 Å². The molecule has 1 aromatic heterocycles. The van der Waals surface area contributed by atoms with Crippen molar-refractivity contribution in [2.75, 3.05) is 23.4 Å². The fourth-order valence-electron chi connectivity index (χ4n) is 2.33. The number of amides is 1. The van der Waals surface area contributed by atoms with E-state index in [0.29, 0.717) is 6.42 Å². The molecule has 6 heteroatoms. The molecule has 2 heterocycles. The van der Waals surface area contributed by atoms with Crippen LogP contribution < -0.4 is 10.6 Å². The van der Waals surface area contributed by atoms with Gasteiger partial charge in [0.1, 0.15) is 0 Å².